The number of rotatable bonds is 9. The molecule has 1 amide bonds. The number of hydrogen-bond acceptors (Lipinski definition) is 8. The molecular weight excluding hydrogens is 490 g/mol. The predicted octanol–water partition coefficient (Wildman–Crippen LogP) is 5.12. The van der Waals surface area contributed by atoms with Crippen molar-refractivity contribution in [2.24, 2.45) is 0 Å². The molecule has 0 saturated heterocycles. The van der Waals surface area contributed by atoms with E-state index in [-0.39, 0.29) is 41.1 Å². The van der Waals surface area contributed by atoms with E-state index in [2.05, 4.69) is 0 Å². The Labute approximate surface area is 221 Å². The standard InChI is InChI=1S/C29H31NO8/c1-7-30(8-2)28(31)18-13-14-21-25(37-16-36-21)23(18)24-19(15-22(33-4)26(34-5)27(24)35-6)29(32)38-20-12-10-9-11-17(20)3/h9-15H,7-8,16H2,1-6H3. The van der Waals surface area contributed by atoms with Gasteiger partial charge in [-0.15, -0.1) is 0 Å². The lowest BCUT2D eigenvalue weighted by atomic mass is 9.91. The zero-order valence-electron chi connectivity index (χ0n) is 22.4. The molecule has 1 heterocycles. The average molecular weight is 522 g/mol. The molecule has 0 aromatic heterocycles. The van der Waals surface area contributed by atoms with Crippen LogP contribution in [0.15, 0.2) is 42.5 Å². The Kier molecular flexibility index (Phi) is 7.95. The third-order valence-corrected chi connectivity index (χ3v) is 6.42. The van der Waals surface area contributed by atoms with E-state index in [0.717, 1.165) is 5.56 Å². The van der Waals surface area contributed by atoms with Gasteiger partial charge in [0.1, 0.15) is 5.75 Å². The molecule has 3 aromatic rings. The van der Waals surface area contributed by atoms with Crippen LogP contribution in [0.5, 0.6) is 34.5 Å². The molecule has 0 saturated carbocycles. The first-order valence-electron chi connectivity index (χ1n) is 12.2. The quantitative estimate of drug-likeness (QED) is 0.283. The third-order valence-electron chi connectivity index (χ3n) is 6.42. The van der Waals surface area contributed by atoms with E-state index in [0.29, 0.717) is 41.5 Å². The van der Waals surface area contributed by atoms with E-state index in [9.17, 15) is 9.59 Å². The van der Waals surface area contributed by atoms with E-state index in [1.807, 2.05) is 32.9 Å². The first-order chi connectivity index (χ1) is 18.4. The Morgan fingerprint density at radius 2 is 1.55 bits per heavy atom. The van der Waals surface area contributed by atoms with E-state index >= 15 is 0 Å². The van der Waals surface area contributed by atoms with Crippen molar-refractivity contribution < 1.29 is 38.0 Å². The summed E-state index contributed by atoms with van der Waals surface area (Å²) in [6.07, 6.45) is 0. The third kappa shape index (κ3) is 4.67. The van der Waals surface area contributed by atoms with Crippen LogP contribution in [0.3, 0.4) is 0 Å². The molecule has 9 heteroatoms. The zero-order chi connectivity index (χ0) is 27.4. The van der Waals surface area contributed by atoms with Gasteiger partial charge >= 0.3 is 5.97 Å². The van der Waals surface area contributed by atoms with E-state index in [1.165, 1.54) is 27.4 Å². The number of ether oxygens (including phenoxy) is 6. The molecule has 4 rings (SSSR count). The van der Waals surface area contributed by atoms with Crippen LogP contribution >= 0.6 is 0 Å². The SMILES string of the molecule is CCN(CC)C(=O)c1ccc2c(c1-c1c(C(=O)Oc3ccccc3C)cc(OC)c(OC)c1OC)OCO2. The minimum Gasteiger partial charge on any atom is -0.493 e. The molecule has 0 radical (unpaired) electrons. The van der Waals surface area contributed by atoms with Crippen LogP contribution in [-0.2, 0) is 0 Å². The topological polar surface area (TPSA) is 92.8 Å². The second-order valence-corrected chi connectivity index (χ2v) is 8.42. The van der Waals surface area contributed by atoms with Gasteiger partial charge in [-0.1, -0.05) is 18.2 Å². The number of fused-ring (bicyclic) bond motifs is 1. The van der Waals surface area contributed by atoms with Gasteiger partial charge in [0, 0.05) is 24.2 Å². The summed E-state index contributed by atoms with van der Waals surface area (Å²) >= 11 is 0. The predicted molar refractivity (Wildman–Crippen MR) is 141 cm³/mol. The fraction of sp³-hybridized carbons (Fsp3) is 0.310. The highest BCUT2D eigenvalue weighted by atomic mass is 16.7. The van der Waals surface area contributed by atoms with Gasteiger partial charge in [0.15, 0.2) is 23.0 Å². The number of carbonyl (C=O) groups excluding carboxylic acids is 2. The monoisotopic (exact) mass is 521 g/mol. The molecule has 0 fully saturated rings. The molecule has 0 unspecified atom stereocenters. The lowest BCUT2D eigenvalue weighted by molar-refractivity contribution is 0.0730. The summed E-state index contributed by atoms with van der Waals surface area (Å²) in [4.78, 5) is 29.2. The fourth-order valence-electron chi connectivity index (χ4n) is 4.47. The lowest BCUT2D eigenvalue weighted by Crippen LogP contribution is -2.31. The van der Waals surface area contributed by atoms with Crippen LogP contribution in [0.25, 0.3) is 11.1 Å². The van der Waals surface area contributed by atoms with Gasteiger partial charge in [-0.05, 0) is 50.6 Å². The second-order valence-electron chi connectivity index (χ2n) is 8.42. The number of benzene rings is 3. The van der Waals surface area contributed by atoms with Crippen molar-refractivity contribution in [3.8, 4) is 45.6 Å². The minimum atomic E-state index is -0.675. The van der Waals surface area contributed by atoms with Crippen LogP contribution in [-0.4, -0.2) is 58.0 Å². The largest absolute Gasteiger partial charge is 0.493 e. The van der Waals surface area contributed by atoms with Crippen molar-refractivity contribution in [2.75, 3.05) is 41.2 Å². The number of nitrogens with zero attached hydrogens (tertiary/aromatic N) is 1. The fourth-order valence-corrected chi connectivity index (χ4v) is 4.47. The molecule has 200 valence electrons. The van der Waals surface area contributed by atoms with Gasteiger partial charge in [0.05, 0.1) is 32.5 Å². The molecule has 1 aliphatic rings. The maximum atomic E-state index is 13.8. The Morgan fingerprint density at radius 1 is 0.842 bits per heavy atom. The van der Waals surface area contributed by atoms with Crippen molar-refractivity contribution in [3.05, 3.63) is 59.2 Å². The van der Waals surface area contributed by atoms with Crippen molar-refractivity contribution in [1.82, 2.24) is 4.90 Å². The maximum absolute atomic E-state index is 13.8. The van der Waals surface area contributed by atoms with Crippen molar-refractivity contribution in [2.45, 2.75) is 20.8 Å². The summed E-state index contributed by atoms with van der Waals surface area (Å²) in [6, 6.07) is 12.0. The van der Waals surface area contributed by atoms with Crippen LogP contribution in [0.1, 0.15) is 40.1 Å². The summed E-state index contributed by atoms with van der Waals surface area (Å²) in [5.74, 6) is 0.922. The Morgan fingerprint density at radius 3 is 2.18 bits per heavy atom. The van der Waals surface area contributed by atoms with Crippen LogP contribution in [0, 0.1) is 6.92 Å². The summed E-state index contributed by atoms with van der Waals surface area (Å²) in [6.45, 7) is 6.59. The summed E-state index contributed by atoms with van der Waals surface area (Å²) in [7, 11) is 4.37. The van der Waals surface area contributed by atoms with Gasteiger partial charge < -0.3 is 33.3 Å². The maximum Gasteiger partial charge on any atom is 0.344 e. The lowest BCUT2D eigenvalue weighted by Gasteiger charge is -2.24. The molecule has 1 aliphatic heterocycles. The van der Waals surface area contributed by atoms with Crippen LogP contribution < -0.4 is 28.4 Å². The smallest absolute Gasteiger partial charge is 0.344 e. The van der Waals surface area contributed by atoms with Crippen LogP contribution in [0.2, 0.25) is 0 Å². The van der Waals surface area contributed by atoms with E-state index in [1.54, 1.807) is 29.2 Å². The molecule has 0 atom stereocenters. The number of carbonyl (C=O) groups is 2. The number of esters is 1. The molecule has 38 heavy (non-hydrogen) atoms. The van der Waals surface area contributed by atoms with E-state index in [4.69, 9.17) is 28.4 Å². The highest BCUT2D eigenvalue weighted by molar-refractivity contribution is 6.09. The zero-order valence-corrected chi connectivity index (χ0v) is 22.4. The van der Waals surface area contributed by atoms with Crippen molar-refractivity contribution in [1.29, 1.82) is 0 Å². The second kappa shape index (κ2) is 11.3. The highest BCUT2D eigenvalue weighted by Crippen LogP contribution is 2.53. The molecule has 0 bridgehead atoms. The molecule has 0 spiro atoms. The summed E-state index contributed by atoms with van der Waals surface area (Å²) in [5.41, 5.74) is 1.80. The number of para-hydroxylation sites is 1. The average Bonchev–Trinajstić information content (AvgIpc) is 3.42. The first kappa shape index (κ1) is 26.7. The molecule has 0 N–H and O–H groups in total. The van der Waals surface area contributed by atoms with Crippen molar-refractivity contribution in [3.63, 3.8) is 0 Å². The molecule has 0 aliphatic carbocycles. The molecular formula is C29H31NO8. The van der Waals surface area contributed by atoms with Gasteiger partial charge in [-0.2, -0.15) is 0 Å². The summed E-state index contributed by atoms with van der Waals surface area (Å²) < 4.78 is 34.3. The van der Waals surface area contributed by atoms with Gasteiger partial charge in [-0.3, -0.25) is 4.79 Å². The minimum absolute atomic E-state index is 0.0379. The Balaban J connectivity index is 2.06. The van der Waals surface area contributed by atoms with Crippen LogP contribution in [0.4, 0.5) is 0 Å². The van der Waals surface area contributed by atoms with Crippen molar-refractivity contribution >= 4 is 11.9 Å². The van der Waals surface area contributed by atoms with Gasteiger partial charge in [0.2, 0.25) is 12.5 Å². The summed E-state index contributed by atoms with van der Waals surface area (Å²) in [5, 5.41) is 0. The molecule has 3 aromatic carbocycles. The molecule has 9 nitrogen and oxygen atoms in total. The first-order valence-corrected chi connectivity index (χ1v) is 12.2. The van der Waals surface area contributed by atoms with Gasteiger partial charge in [0.25, 0.3) is 5.91 Å². The number of aryl methyl sites for hydroxylation is 1. The van der Waals surface area contributed by atoms with E-state index < -0.39 is 5.97 Å². The highest BCUT2D eigenvalue weighted by Gasteiger charge is 2.34. The normalized spacial score (nSPS) is 11.6. The Bertz CT molecular complexity index is 1360. The number of hydrogen-bond donors (Lipinski definition) is 0. The number of methoxy groups -OCH3 is 3. The number of amides is 1. The Hall–Kier alpha value is -4.40. The van der Waals surface area contributed by atoms with Gasteiger partial charge in [-0.25, -0.2) is 4.79 Å².